The average Bonchev–Trinajstić information content (AvgIpc) is 1.94. The molecule has 4 nitrogen and oxygen atoms in total. The molecule has 0 aromatic carbocycles. The number of hydrogen-bond acceptors (Lipinski definition) is 4. The zero-order valence-electron chi connectivity index (χ0n) is 5.79. The summed E-state index contributed by atoms with van der Waals surface area (Å²) < 4.78 is 0. The summed E-state index contributed by atoms with van der Waals surface area (Å²) in [4.78, 5) is 3.95. The molecule has 0 aromatic rings. The van der Waals surface area contributed by atoms with Crippen molar-refractivity contribution in [3.05, 3.63) is 0 Å². The maximum Gasteiger partial charge on any atom is 0.0884 e. The summed E-state index contributed by atoms with van der Waals surface area (Å²) in [6.07, 6.45) is 0.419. The quantitative estimate of drug-likeness (QED) is 0.362. The standard InChI is InChI=1S/C6H13NO3/c8-6-1-2-7-3-5(6)4-10-9/h5-9H,1-4H2. The summed E-state index contributed by atoms with van der Waals surface area (Å²) in [5, 5.41) is 20.5. The van der Waals surface area contributed by atoms with Gasteiger partial charge in [0.2, 0.25) is 0 Å². The van der Waals surface area contributed by atoms with E-state index in [4.69, 9.17) is 5.26 Å². The summed E-state index contributed by atoms with van der Waals surface area (Å²) in [7, 11) is 0. The van der Waals surface area contributed by atoms with E-state index >= 15 is 0 Å². The highest BCUT2D eigenvalue weighted by Crippen LogP contribution is 2.10. The Labute approximate surface area is 59.7 Å². The van der Waals surface area contributed by atoms with E-state index < -0.39 is 0 Å². The van der Waals surface area contributed by atoms with Crippen molar-refractivity contribution in [2.45, 2.75) is 12.5 Å². The van der Waals surface area contributed by atoms with Gasteiger partial charge in [-0.05, 0) is 13.0 Å². The molecule has 10 heavy (non-hydrogen) atoms. The van der Waals surface area contributed by atoms with Gasteiger partial charge in [0.25, 0.3) is 0 Å². The predicted octanol–water partition coefficient (Wildman–Crippen LogP) is -0.554. The molecule has 0 saturated carbocycles. The number of aliphatic hydroxyl groups excluding tert-OH is 1. The Hall–Kier alpha value is -0.160. The molecule has 1 aliphatic heterocycles. The summed E-state index contributed by atoms with van der Waals surface area (Å²) >= 11 is 0. The van der Waals surface area contributed by atoms with Crippen LogP contribution in [0.25, 0.3) is 0 Å². The van der Waals surface area contributed by atoms with Gasteiger partial charge in [-0.2, -0.15) is 0 Å². The highest BCUT2D eigenvalue weighted by molar-refractivity contribution is 4.76. The first-order chi connectivity index (χ1) is 4.84. The Morgan fingerprint density at radius 1 is 1.60 bits per heavy atom. The van der Waals surface area contributed by atoms with Crippen LogP contribution in [0.1, 0.15) is 6.42 Å². The van der Waals surface area contributed by atoms with E-state index in [1.165, 1.54) is 0 Å². The van der Waals surface area contributed by atoms with Gasteiger partial charge in [-0.15, -0.1) is 0 Å². The van der Waals surface area contributed by atoms with Gasteiger partial charge in [0.1, 0.15) is 0 Å². The van der Waals surface area contributed by atoms with Crippen molar-refractivity contribution < 1.29 is 15.3 Å². The molecular formula is C6H13NO3. The van der Waals surface area contributed by atoms with E-state index in [9.17, 15) is 5.11 Å². The number of nitrogens with one attached hydrogen (secondary N) is 1. The molecule has 0 amide bonds. The first-order valence-electron chi connectivity index (χ1n) is 3.49. The molecule has 2 atom stereocenters. The summed E-state index contributed by atoms with van der Waals surface area (Å²) in [6.45, 7) is 1.79. The molecule has 0 aromatic heterocycles. The van der Waals surface area contributed by atoms with E-state index in [1.807, 2.05) is 0 Å². The van der Waals surface area contributed by atoms with Crippen LogP contribution in [0.4, 0.5) is 0 Å². The molecule has 1 aliphatic rings. The minimum absolute atomic E-state index is 0.0405. The van der Waals surface area contributed by atoms with Crippen molar-refractivity contribution in [2.24, 2.45) is 5.92 Å². The molecule has 4 heteroatoms. The van der Waals surface area contributed by atoms with Gasteiger partial charge >= 0.3 is 0 Å². The highest BCUT2D eigenvalue weighted by atomic mass is 17.1. The monoisotopic (exact) mass is 147 g/mol. The molecule has 3 N–H and O–H groups in total. The van der Waals surface area contributed by atoms with Crippen LogP contribution >= 0.6 is 0 Å². The Kier molecular flexibility index (Phi) is 3.08. The number of aliphatic hydroxyl groups is 1. The summed E-state index contributed by atoms with van der Waals surface area (Å²) in [6, 6.07) is 0. The lowest BCUT2D eigenvalue weighted by molar-refractivity contribution is -0.256. The second-order valence-corrected chi connectivity index (χ2v) is 2.62. The molecule has 0 spiro atoms. The Morgan fingerprint density at radius 3 is 3.00 bits per heavy atom. The van der Waals surface area contributed by atoms with Gasteiger partial charge in [-0.1, -0.05) is 0 Å². The maximum atomic E-state index is 9.27. The van der Waals surface area contributed by atoms with Gasteiger partial charge in [0.05, 0.1) is 12.7 Å². The Balaban J connectivity index is 2.25. The molecule has 0 bridgehead atoms. The second kappa shape index (κ2) is 3.88. The molecule has 0 radical (unpaired) electrons. The Bertz CT molecular complexity index is 97.0. The molecule has 1 heterocycles. The van der Waals surface area contributed by atoms with E-state index in [0.717, 1.165) is 19.5 Å². The summed E-state index contributed by atoms with van der Waals surface area (Å²) in [5.41, 5.74) is 0. The zero-order chi connectivity index (χ0) is 7.40. The van der Waals surface area contributed by atoms with Crippen molar-refractivity contribution in [3.8, 4) is 0 Å². The van der Waals surface area contributed by atoms with Crippen LogP contribution in [0, 0.1) is 5.92 Å². The van der Waals surface area contributed by atoms with Gasteiger partial charge in [-0.25, -0.2) is 4.89 Å². The highest BCUT2D eigenvalue weighted by Gasteiger charge is 2.22. The lowest BCUT2D eigenvalue weighted by Crippen LogP contribution is -2.41. The number of piperidine rings is 1. The average molecular weight is 147 g/mol. The largest absolute Gasteiger partial charge is 0.393 e. The first kappa shape index (κ1) is 7.94. The van der Waals surface area contributed by atoms with Crippen molar-refractivity contribution >= 4 is 0 Å². The fourth-order valence-electron chi connectivity index (χ4n) is 1.17. The second-order valence-electron chi connectivity index (χ2n) is 2.62. The first-order valence-corrected chi connectivity index (χ1v) is 3.49. The third kappa shape index (κ3) is 1.91. The van der Waals surface area contributed by atoms with E-state index in [-0.39, 0.29) is 18.6 Å². The van der Waals surface area contributed by atoms with Crippen LogP contribution < -0.4 is 5.32 Å². The minimum Gasteiger partial charge on any atom is -0.393 e. The Morgan fingerprint density at radius 2 is 2.40 bits per heavy atom. The van der Waals surface area contributed by atoms with Gasteiger partial charge in [0.15, 0.2) is 0 Å². The zero-order valence-corrected chi connectivity index (χ0v) is 5.79. The molecule has 1 saturated heterocycles. The molecule has 2 unspecified atom stereocenters. The number of hydrogen-bond donors (Lipinski definition) is 3. The minimum atomic E-state index is -0.326. The maximum absolute atomic E-state index is 9.27. The van der Waals surface area contributed by atoms with Crippen molar-refractivity contribution in [1.29, 1.82) is 0 Å². The van der Waals surface area contributed by atoms with Gasteiger partial charge < -0.3 is 10.4 Å². The van der Waals surface area contributed by atoms with Crippen molar-refractivity contribution in [1.82, 2.24) is 5.32 Å². The summed E-state index contributed by atoms with van der Waals surface area (Å²) in [5.74, 6) is 0.0405. The molecule has 1 rings (SSSR count). The van der Waals surface area contributed by atoms with Crippen LogP contribution in [-0.2, 0) is 4.89 Å². The van der Waals surface area contributed by atoms with Crippen molar-refractivity contribution in [3.63, 3.8) is 0 Å². The molecule has 0 aliphatic carbocycles. The molecular weight excluding hydrogens is 134 g/mol. The van der Waals surface area contributed by atoms with Gasteiger partial charge in [0, 0.05) is 12.5 Å². The van der Waals surface area contributed by atoms with Crippen LogP contribution in [0.5, 0.6) is 0 Å². The number of rotatable bonds is 2. The lowest BCUT2D eigenvalue weighted by Gasteiger charge is -2.26. The van der Waals surface area contributed by atoms with Crippen LogP contribution in [-0.4, -0.2) is 36.2 Å². The molecule has 1 fully saturated rings. The fraction of sp³-hybridized carbons (Fsp3) is 1.00. The van der Waals surface area contributed by atoms with Crippen molar-refractivity contribution in [2.75, 3.05) is 19.7 Å². The normalized spacial score (nSPS) is 34.2. The molecule has 60 valence electrons. The van der Waals surface area contributed by atoms with E-state index in [2.05, 4.69) is 10.2 Å². The predicted molar refractivity (Wildman–Crippen MR) is 35.6 cm³/mol. The van der Waals surface area contributed by atoms with Gasteiger partial charge in [-0.3, -0.25) is 5.26 Å². The van der Waals surface area contributed by atoms with Crippen LogP contribution in [0.15, 0.2) is 0 Å². The topological polar surface area (TPSA) is 61.7 Å². The van der Waals surface area contributed by atoms with E-state index in [1.54, 1.807) is 0 Å². The van der Waals surface area contributed by atoms with Crippen LogP contribution in [0.3, 0.4) is 0 Å². The lowest BCUT2D eigenvalue weighted by atomic mass is 9.97. The third-order valence-corrected chi connectivity index (χ3v) is 1.86. The smallest absolute Gasteiger partial charge is 0.0884 e. The fourth-order valence-corrected chi connectivity index (χ4v) is 1.17. The SMILES string of the molecule is OOCC1CNCCC1O. The van der Waals surface area contributed by atoms with E-state index in [0.29, 0.717) is 0 Å². The van der Waals surface area contributed by atoms with Crippen LogP contribution in [0.2, 0.25) is 0 Å². The third-order valence-electron chi connectivity index (χ3n) is 1.86.